The van der Waals surface area contributed by atoms with Crippen molar-refractivity contribution in [1.82, 2.24) is 9.97 Å². The molecule has 0 bridgehead atoms. The van der Waals surface area contributed by atoms with Crippen LogP contribution in [0.5, 0.6) is 0 Å². The minimum atomic E-state index is -0.321. The number of piperidine rings is 1. The number of hydrogen-bond acceptors (Lipinski definition) is 4. The summed E-state index contributed by atoms with van der Waals surface area (Å²) in [6.45, 7) is 1.39. The predicted molar refractivity (Wildman–Crippen MR) is 107 cm³/mol. The lowest BCUT2D eigenvalue weighted by atomic mass is 9.97. The Morgan fingerprint density at radius 3 is 2.43 bits per heavy atom. The van der Waals surface area contributed by atoms with Crippen LogP contribution in [0.25, 0.3) is 11.1 Å². The van der Waals surface area contributed by atoms with Gasteiger partial charge in [0.05, 0.1) is 5.92 Å². The highest BCUT2D eigenvalue weighted by atomic mass is 19.1. The first-order chi connectivity index (χ1) is 13.7. The van der Waals surface area contributed by atoms with Gasteiger partial charge in [0.15, 0.2) is 0 Å². The van der Waals surface area contributed by atoms with Gasteiger partial charge in [-0.2, -0.15) is 0 Å². The molecular weight excluding hydrogens is 355 g/mol. The van der Waals surface area contributed by atoms with Gasteiger partial charge in [0.1, 0.15) is 5.82 Å². The second kappa shape index (κ2) is 8.17. The number of aromatic nitrogens is 2. The molecule has 1 atom stereocenters. The molecule has 0 unspecified atom stereocenters. The number of carbonyl (C=O) groups excluding carboxylic acids is 1. The minimum absolute atomic E-state index is 0.0581. The first kappa shape index (κ1) is 18.1. The van der Waals surface area contributed by atoms with Crippen molar-refractivity contribution in [3.63, 3.8) is 0 Å². The van der Waals surface area contributed by atoms with Crippen LogP contribution in [0.1, 0.15) is 12.8 Å². The van der Waals surface area contributed by atoms with Gasteiger partial charge in [0.25, 0.3) is 0 Å². The fourth-order valence-electron chi connectivity index (χ4n) is 3.41. The molecule has 0 aliphatic carbocycles. The summed E-state index contributed by atoms with van der Waals surface area (Å²) in [6.07, 6.45) is 5.34. The second-order valence-corrected chi connectivity index (χ2v) is 6.92. The summed E-state index contributed by atoms with van der Waals surface area (Å²) in [7, 11) is 0. The van der Waals surface area contributed by atoms with E-state index in [4.69, 9.17) is 0 Å². The monoisotopic (exact) mass is 376 g/mol. The van der Waals surface area contributed by atoms with Crippen LogP contribution < -0.4 is 10.2 Å². The summed E-state index contributed by atoms with van der Waals surface area (Å²) >= 11 is 0. The Morgan fingerprint density at radius 2 is 1.71 bits per heavy atom. The van der Waals surface area contributed by atoms with E-state index in [1.807, 2.05) is 47.6 Å². The lowest BCUT2D eigenvalue weighted by Gasteiger charge is -2.32. The smallest absolute Gasteiger partial charge is 0.229 e. The normalized spacial score (nSPS) is 16.6. The van der Waals surface area contributed by atoms with E-state index in [1.54, 1.807) is 12.1 Å². The van der Waals surface area contributed by atoms with Gasteiger partial charge < -0.3 is 10.2 Å². The average molecular weight is 376 g/mol. The van der Waals surface area contributed by atoms with Crippen molar-refractivity contribution in [3.05, 3.63) is 72.8 Å². The number of amides is 1. The van der Waals surface area contributed by atoms with E-state index in [0.717, 1.165) is 30.5 Å². The van der Waals surface area contributed by atoms with E-state index in [9.17, 15) is 9.18 Å². The fourth-order valence-corrected chi connectivity index (χ4v) is 3.41. The summed E-state index contributed by atoms with van der Waals surface area (Å²) in [4.78, 5) is 23.7. The maximum Gasteiger partial charge on any atom is 0.229 e. The van der Waals surface area contributed by atoms with E-state index >= 15 is 0 Å². The third kappa shape index (κ3) is 4.17. The average Bonchev–Trinajstić information content (AvgIpc) is 2.76. The summed E-state index contributed by atoms with van der Waals surface area (Å²) in [5.74, 6) is 0.102. The third-order valence-corrected chi connectivity index (χ3v) is 4.93. The zero-order valence-electron chi connectivity index (χ0n) is 15.4. The molecule has 1 aliphatic rings. The third-order valence-electron chi connectivity index (χ3n) is 4.93. The molecule has 0 spiro atoms. The number of carbonyl (C=O) groups is 1. The van der Waals surface area contributed by atoms with Crippen molar-refractivity contribution >= 4 is 17.5 Å². The van der Waals surface area contributed by atoms with Crippen LogP contribution in [0.2, 0.25) is 0 Å². The highest BCUT2D eigenvalue weighted by molar-refractivity contribution is 5.93. The lowest BCUT2D eigenvalue weighted by molar-refractivity contribution is -0.120. The molecule has 1 aliphatic heterocycles. The van der Waals surface area contributed by atoms with Crippen molar-refractivity contribution in [1.29, 1.82) is 0 Å². The summed E-state index contributed by atoms with van der Waals surface area (Å²) in [5, 5.41) is 2.87. The Balaban J connectivity index is 1.42. The van der Waals surface area contributed by atoms with Crippen LogP contribution in [-0.4, -0.2) is 29.0 Å². The van der Waals surface area contributed by atoms with Crippen LogP contribution in [0.3, 0.4) is 0 Å². The van der Waals surface area contributed by atoms with Crippen LogP contribution in [0.15, 0.2) is 67.0 Å². The van der Waals surface area contributed by atoms with Crippen molar-refractivity contribution in [3.8, 4) is 11.1 Å². The first-order valence-corrected chi connectivity index (χ1v) is 9.38. The number of benzene rings is 2. The largest absolute Gasteiger partial charge is 0.340 e. The van der Waals surface area contributed by atoms with Crippen LogP contribution in [0, 0.1) is 11.7 Å². The number of halogens is 1. The van der Waals surface area contributed by atoms with E-state index in [1.165, 1.54) is 12.1 Å². The maximum atomic E-state index is 13.0. The SMILES string of the molecule is O=C(Nc1ccc(F)cc1)[C@@H]1CCCN(c2ncc(-c3ccccc3)cn2)C1. The van der Waals surface area contributed by atoms with Crippen molar-refractivity contribution in [2.45, 2.75) is 12.8 Å². The number of rotatable bonds is 4. The van der Waals surface area contributed by atoms with Gasteiger partial charge in [-0.05, 0) is 42.7 Å². The van der Waals surface area contributed by atoms with Crippen LogP contribution >= 0.6 is 0 Å². The van der Waals surface area contributed by atoms with E-state index in [0.29, 0.717) is 18.2 Å². The van der Waals surface area contributed by atoms with Gasteiger partial charge in [-0.3, -0.25) is 4.79 Å². The molecule has 2 heterocycles. The van der Waals surface area contributed by atoms with Crippen LogP contribution in [0.4, 0.5) is 16.0 Å². The zero-order valence-corrected chi connectivity index (χ0v) is 15.4. The molecule has 28 heavy (non-hydrogen) atoms. The molecular formula is C22H21FN4O. The first-order valence-electron chi connectivity index (χ1n) is 9.38. The second-order valence-electron chi connectivity index (χ2n) is 6.92. The van der Waals surface area contributed by atoms with Gasteiger partial charge in [-0.1, -0.05) is 30.3 Å². The Labute approximate surface area is 163 Å². The summed E-state index contributed by atoms with van der Waals surface area (Å²) < 4.78 is 13.0. The predicted octanol–water partition coefficient (Wildman–Crippen LogP) is 4.14. The molecule has 1 fully saturated rings. The Bertz CT molecular complexity index is 929. The quantitative estimate of drug-likeness (QED) is 0.744. The van der Waals surface area contributed by atoms with Crippen LogP contribution in [-0.2, 0) is 4.79 Å². The van der Waals surface area contributed by atoms with E-state index in [2.05, 4.69) is 15.3 Å². The van der Waals surface area contributed by atoms with Gasteiger partial charge in [0, 0.05) is 36.7 Å². The van der Waals surface area contributed by atoms with Crippen molar-refractivity contribution in [2.24, 2.45) is 5.92 Å². The molecule has 1 saturated heterocycles. The number of anilines is 2. The van der Waals surface area contributed by atoms with Gasteiger partial charge >= 0.3 is 0 Å². The number of hydrogen-bond donors (Lipinski definition) is 1. The highest BCUT2D eigenvalue weighted by Gasteiger charge is 2.27. The molecule has 2 aromatic carbocycles. The topological polar surface area (TPSA) is 58.1 Å². The number of nitrogens with zero attached hydrogens (tertiary/aromatic N) is 3. The van der Waals surface area contributed by atoms with Crippen molar-refractivity contribution < 1.29 is 9.18 Å². The molecule has 142 valence electrons. The van der Waals surface area contributed by atoms with Gasteiger partial charge in [-0.15, -0.1) is 0 Å². The summed E-state index contributed by atoms with van der Waals surface area (Å²) in [5.41, 5.74) is 2.64. The highest BCUT2D eigenvalue weighted by Crippen LogP contribution is 2.23. The maximum absolute atomic E-state index is 13.0. The Morgan fingerprint density at radius 1 is 1.00 bits per heavy atom. The van der Waals surface area contributed by atoms with Gasteiger partial charge in [0.2, 0.25) is 11.9 Å². The van der Waals surface area contributed by atoms with Gasteiger partial charge in [-0.25, -0.2) is 14.4 Å². The lowest BCUT2D eigenvalue weighted by Crippen LogP contribution is -2.41. The molecule has 6 heteroatoms. The fraction of sp³-hybridized carbons (Fsp3) is 0.227. The van der Waals surface area contributed by atoms with Crippen molar-refractivity contribution in [2.75, 3.05) is 23.3 Å². The molecule has 4 rings (SSSR count). The van der Waals surface area contributed by atoms with E-state index in [-0.39, 0.29) is 17.6 Å². The molecule has 1 amide bonds. The summed E-state index contributed by atoms with van der Waals surface area (Å²) in [6, 6.07) is 15.8. The Hall–Kier alpha value is -3.28. The molecule has 0 saturated carbocycles. The van der Waals surface area contributed by atoms with E-state index < -0.39 is 0 Å². The molecule has 5 nitrogen and oxygen atoms in total. The molecule has 0 radical (unpaired) electrons. The molecule has 1 aromatic heterocycles. The standard InChI is InChI=1S/C22H21FN4O/c23-19-8-10-20(11-9-19)26-21(28)17-7-4-12-27(15-17)22-24-13-18(14-25-22)16-5-2-1-3-6-16/h1-3,5-6,8-11,13-14,17H,4,7,12,15H2,(H,26,28)/t17-/m1/s1. The zero-order chi connectivity index (χ0) is 19.3. The molecule has 1 N–H and O–H groups in total. The minimum Gasteiger partial charge on any atom is -0.340 e. The Kier molecular flexibility index (Phi) is 5.28. The molecule has 3 aromatic rings. The number of nitrogens with one attached hydrogen (secondary N) is 1.